The van der Waals surface area contributed by atoms with E-state index in [4.69, 9.17) is 17.3 Å². The molecule has 0 fully saturated rings. The quantitative estimate of drug-likeness (QED) is 0.685. The fourth-order valence-electron chi connectivity index (χ4n) is 0.917. The first-order chi connectivity index (χ1) is 7.52. The van der Waals surface area contributed by atoms with Crippen molar-refractivity contribution >= 4 is 29.4 Å². The number of nitrogens with two attached hydrogens (primary N) is 1. The molecule has 0 aliphatic rings. The minimum absolute atomic E-state index is 0.0464. The summed E-state index contributed by atoms with van der Waals surface area (Å²) in [6.07, 6.45) is 0. The van der Waals surface area contributed by atoms with Gasteiger partial charge in [0.15, 0.2) is 0 Å². The summed E-state index contributed by atoms with van der Waals surface area (Å²) in [6, 6.07) is -0.576. The van der Waals surface area contributed by atoms with E-state index in [1.165, 1.54) is 0 Å². The van der Waals surface area contributed by atoms with Crippen LogP contribution in [-0.4, -0.2) is 33.4 Å². The average Bonchev–Trinajstić information content (AvgIpc) is 2.16. The van der Waals surface area contributed by atoms with E-state index in [1.807, 2.05) is 6.92 Å². The molecule has 1 aromatic heterocycles. The SMILES string of the molecule is CCNc1nc(Cl)nc(NC(C)C(N)=O)n1. The Balaban J connectivity index is 2.83. The van der Waals surface area contributed by atoms with Crippen molar-refractivity contribution in [3.05, 3.63) is 5.28 Å². The number of hydrogen-bond acceptors (Lipinski definition) is 6. The molecular weight excluding hydrogens is 232 g/mol. The van der Waals surface area contributed by atoms with E-state index in [0.717, 1.165) is 0 Å². The molecule has 0 saturated carbocycles. The van der Waals surface area contributed by atoms with Crippen molar-refractivity contribution in [1.82, 2.24) is 15.0 Å². The molecule has 0 aliphatic carbocycles. The molecule has 88 valence electrons. The maximum atomic E-state index is 10.8. The molecule has 16 heavy (non-hydrogen) atoms. The molecule has 0 aromatic carbocycles. The van der Waals surface area contributed by atoms with Crippen LogP contribution in [0.25, 0.3) is 0 Å². The summed E-state index contributed by atoms with van der Waals surface area (Å²) in [4.78, 5) is 22.5. The average molecular weight is 245 g/mol. The Hall–Kier alpha value is -1.63. The van der Waals surface area contributed by atoms with Gasteiger partial charge in [-0.1, -0.05) is 0 Å². The predicted molar refractivity (Wildman–Crippen MR) is 61.3 cm³/mol. The summed E-state index contributed by atoms with van der Waals surface area (Å²) in [5.74, 6) is 0.0606. The number of carbonyl (C=O) groups excluding carboxylic acids is 1. The highest BCUT2D eigenvalue weighted by molar-refractivity contribution is 6.28. The van der Waals surface area contributed by atoms with Gasteiger partial charge in [0.2, 0.25) is 23.1 Å². The summed E-state index contributed by atoms with van der Waals surface area (Å²) >= 11 is 5.69. The number of hydrogen-bond donors (Lipinski definition) is 3. The molecule has 1 atom stereocenters. The summed E-state index contributed by atoms with van der Waals surface area (Å²) < 4.78 is 0. The zero-order valence-electron chi connectivity index (χ0n) is 8.99. The second-order valence-electron chi connectivity index (χ2n) is 3.05. The number of anilines is 2. The van der Waals surface area contributed by atoms with Crippen LogP contribution >= 0.6 is 11.6 Å². The van der Waals surface area contributed by atoms with Crippen molar-refractivity contribution in [2.24, 2.45) is 5.73 Å². The summed E-state index contributed by atoms with van der Waals surface area (Å²) in [5.41, 5.74) is 5.10. The highest BCUT2D eigenvalue weighted by Gasteiger charge is 2.11. The van der Waals surface area contributed by atoms with E-state index in [1.54, 1.807) is 6.92 Å². The normalized spacial score (nSPS) is 11.9. The Morgan fingerprint density at radius 1 is 1.44 bits per heavy atom. The van der Waals surface area contributed by atoms with Gasteiger partial charge in [-0.15, -0.1) is 0 Å². The van der Waals surface area contributed by atoms with Crippen LogP contribution in [0.15, 0.2) is 0 Å². The number of rotatable bonds is 5. The van der Waals surface area contributed by atoms with Gasteiger partial charge < -0.3 is 16.4 Å². The lowest BCUT2D eigenvalue weighted by Crippen LogP contribution is -2.33. The lowest BCUT2D eigenvalue weighted by molar-refractivity contribution is -0.118. The van der Waals surface area contributed by atoms with Crippen LogP contribution in [0.4, 0.5) is 11.9 Å². The van der Waals surface area contributed by atoms with E-state index in [0.29, 0.717) is 12.5 Å². The number of amides is 1. The molecule has 0 spiro atoms. The Kier molecular flexibility index (Phi) is 4.24. The van der Waals surface area contributed by atoms with Crippen molar-refractivity contribution < 1.29 is 4.79 Å². The van der Waals surface area contributed by atoms with Gasteiger partial charge in [-0.3, -0.25) is 4.79 Å². The smallest absolute Gasteiger partial charge is 0.239 e. The van der Waals surface area contributed by atoms with Gasteiger partial charge in [0.05, 0.1) is 0 Å². The van der Waals surface area contributed by atoms with Crippen molar-refractivity contribution in [3.63, 3.8) is 0 Å². The Bertz CT molecular complexity index is 385. The highest BCUT2D eigenvalue weighted by atomic mass is 35.5. The first-order valence-electron chi connectivity index (χ1n) is 4.74. The van der Waals surface area contributed by atoms with Crippen molar-refractivity contribution in [1.29, 1.82) is 0 Å². The molecular formula is C8H13ClN6O. The molecule has 7 nitrogen and oxygen atoms in total. The van der Waals surface area contributed by atoms with E-state index >= 15 is 0 Å². The van der Waals surface area contributed by atoms with Gasteiger partial charge >= 0.3 is 0 Å². The maximum Gasteiger partial charge on any atom is 0.239 e. The standard InChI is InChI=1S/C8H13ClN6O/c1-3-11-7-13-6(9)14-8(15-7)12-4(2)5(10)16/h4H,3H2,1-2H3,(H2,10,16)(H2,11,12,13,14,15). The minimum Gasteiger partial charge on any atom is -0.368 e. The van der Waals surface area contributed by atoms with Crippen LogP contribution in [0.5, 0.6) is 0 Å². The van der Waals surface area contributed by atoms with Crippen LogP contribution in [0.1, 0.15) is 13.8 Å². The van der Waals surface area contributed by atoms with Crippen LogP contribution in [0.2, 0.25) is 5.28 Å². The first kappa shape index (κ1) is 12.4. The molecule has 0 bridgehead atoms. The largest absolute Gasteiger partial charge is 0.368 e. The molecule has 0 saturated heterocycles. The molecule has 1 unspecified atom stereocenters. The lowest BCUT2D eigenvalue weighted by atomic mass is 10.3. The molecule has 1 amide bonds. The second kappa shape index (κ2) is 5.45. The summed E-state index contributed by atoms with van der Waals surface area (Å²) in [6.45, 7) is 4.16. The van der Waals surface area contributed by atoms with E-state index in [9.17, 15) is 4.79 Å². The van der Waals surface area contributed by atoms with Gasteiger partial charge in [-0.2, -0.15) is 15.0 Å². The first-order valence-corrected chi connectivity index (χ1v) is 5.12. The topological polar surface area (TPSA) is 106 Å². The highest BCUT2D eigenvalue weighted by Crippen LogP contribution is 2.09. The number of primary amides is 1. The molecule has 1 rings (SSSR count). The molecule has 0 aliphatic heterocycles. The van der Waals surface area contributed by atoms with Gasteiger partial charge in [0.1, 0.15) is 6.04 Å². The van der Waals surface area contributed by atoms with Gasteiger partial charge in [0.25, 0.3) is 0 Å². The minimum atomic E-state index is -0.576. The molecule has 1 heterocycles. The second-order valence-corrected chi connectivity index (χ2v) is 3.39. The number of aromatic nitrogens is 3. The van der Waals surface area contributed by atoms with Gasteiger partial charge in [-0.25, -0.2) is 0 Å². The molecule has 0 radical (unpaired) electrons. The van der Waals surface area contributed by atoms with E-state index in [2.05, 4.69) is 25.6 Å². The fraction of sp³-hybridized carbons (Fsp3) is 0.500. The van der Waals surface area contributed by atoms with E-state index < -0.39 is 11.9 Å². The van der Waals surface area contributed by atoms with Crippen LogP contribution in [-0.2, 0) is 4.79 Å². The van der Waals surface area contributed by atoms with Crippen LogP contribution in [0.3, 0.4) is 0 Å². The molecule has 8 heteroatoms. The molecule has 1 aromatic rings. The van der Waals surface area contributed by atoms with Crippen molar-refractivity contribution in [3.8, 4) is 0 Å². The van der Waals surface area contributed by atoms with Gasteiger partial charge in [-0.05, 0) is 25.4 Å². The number of nitrogens with one attached hydrogen (secondary N) is 2. The number of nitrogens with zero attached hydrogens (tertiary/aromatic N) is 3. The number of carbonyl (C=O) groups is 1. The lowest BCUT2D eigenvalue weighted by Gasteiger charge is -2.10. The van der Waals surface area contributed by atoms with Crippen LogP contribution in [0, 0.1) is 0 Å². The number of halogens is 1. The summed E-state index contributed by atoms with van der Waals surface area (Å²) in [5, 5.41) is 5.65. The Morgan fingerprint density at radius 3 is 2.62 bits per heavy atom. The van der Waals surface area contributed by atoms with E-state index in [-0.39, 0.29) is 11.2 Å². The predicted octanol–water partition coefficient (Wildman–Crippen LogP) is 0.242. The van der Waals surface area contributed by atoms with Crippen LogP contribution < -0.4 is 16.4 Å². The van der Waals surface area contributed by atoms with Crippen molar-refractivity contribution in [2.45, 2.75) is 19.9 Å². The zero-order valence-corrected chi connectivity index (χ0v) is 9.75. The monoisotopic (exact) mass is 244 g/mol. The molecule has 4 N–H and O–H groups in total. The zero-order chi connectivity index (χ0) is 12.1. The fourth-order valence-corrected chi connectivity index (χ4v) is 1.08. The van der Waals surface area contributed by atoms with Gasteiger partial charge in [0, 0.05) is 6.54 Å². The third-order valence-corrected chi connectivity index (χ3v) is 1.88. The summed E-state index contributed by atoms with van der Waals surface area (Å²) in [7, 11) is 0. The Morgan fingerprint density at radius 2 is 2.06 bits per heavy atom. The third kappa shape index (κ3) is 3.50. The van der Waals surface area contributed by atoms with Crippen molar-refractivity contribution in [2.75, 3.05) is 17.2 Å². The maximum absolute atomic E-state index is 10.8. The third-order valence-electron chi connectivity index (χ3n) is 1.72. The Labute approximate surface area is 97.8 Å².